The standard InChI is InChI=1S/C5H9NO3S2/c1-3-4-6-5(10-2)11(7,8)9/h3H,1,4H2,2H3,(H,7,8,9)/b6-5+. The third-order valence-electron chi connectivity index (χ3n) is 0.745. The maximum absolute atomic E-state index is 10.4. The Morgan fingerprint density at radius 3 is 2.64 bits per heavy atom. The monoisotopic (exact) mass is 195 g/mol. The summed E-state index contributed by atoms with van der Waals surface area (Å²) in [5.74, 6) is 0. The van der Waals surface area contributed by atoms with Gasteiger partial charge in [0.05, 0.1) is 6.54 Å². The zero-order valence-electron chi connectivity index (χ0n) is 6.02. The second kappa shape index (κ2) is 4.53. The van der Waals surface area contributed by atoms with Crippen LogP contribution in [0.5, 0.6) is 0 Å². The van der Waals surface area contributed by atoms with Crippen LogP contribution in [0.1, 0.15) is 0 Å². The first-order valence-electron chi connectivity index (χ1n) is 2.69. The molecule has 0 saturated carbocycles. The lowest BCUT2D eigenvalue weighted by Crippen LogP contribution is -2.09. The van der Waals surface area contributed by atoms with Gasteiger partial charge >= 0.3 is 10.1 Å². The summed E-state index contributed by atoms with van der Waals surface area (Å²) in [5.41, 5.74) is 0. The van der Waals surface area contributed by atoms with Crippen molar-refractivity contribution in [2.24, 2.45) is 4.99 Å². The van der Waals surface area contributed by atoms with Gasteiger partial charge in [0, 0.05) is 0 Å². The number of hydrogen-bond acceptors (Lipinski definition) is 4. The first kappa shape index (κ1) is 10.7. The van der Waals surface area contributed by atoms with Crippen molar-refractivity contribution in [3.05, 3.63) is 12.7 Å². The molecule has 0 amide bonds. The molecule has 0 rings (SSSR count). The largest absolute Gasteiger partial charge is 0.318 e. The lowest BCUT2D eigenvalue weighted by molar-refractivity contribution is 0.499. The first-order valence-corrected chi connectivity index (χ1v) is 5.35. The van der Waals surface area contributed by atoms with Crippen LogP contribution in [0, 0.1) is 0 Å². The predicted octanol–water partition coefficient (Wildman–Crippen LogP) is 0.779. The minimum atomic E-state index is -4.12. The number of nitrogens with zero attached hydrogens (tertiary/aromatic N) is 1. The molecule has 0 fully saturated rings. The topological polar surface area (TPSA) is 66.7 Å². The van der Waals surface area contributed by atoms with Crippen molar-refractivity contribution in [3.63, 3.8) is 0 Å². The average molecular weight is 195 g/mol. The van der Waals surface area contributed by atoms with E-state index in [1.807, 2.05) is 0 Å². The smallest absolute Gasteiger partial charge is 0.280 e. The van der Waals surface area contributed by atoms with E-state index in [2.05, 4.69) is 11.6 Å². The summed E-state index contributed by atoms with van der Waals surface area (Å²) in [5, 5.41) is 0. The van der Waals surface area contributed by atoms with Crippen molar-refractivity contribution >= 4 is 26.3 Å². The Morgan fingerprint density at radius 1 is 1.82 bits per heavy atom. The SMILES string of the molecule is C=CC/N=C(\SC)S(=O)(=O)O. The third-order valence-corrected chi connectivity index (χ3v) is 2.93. The van der Waals surface area contributed by atoms with Crippen LogP contribution >= 0.6 is 11.8 Å². The van der Waals surface area contributed by atoms with E-state index in [0.29, 0.717) is 0 Å². The summed E-state index contributed by atoms with van der Waals surface area (Å²) in [6.45, 7) is 3.55. The quantitative estimate of drug-likeness (QED) is 0.306. The van der Waals surface area contributed by atoms with Gasteiger partial charge in [-0.05, 0) is 6.26 Å². The molecule has 0 heterocycles. The number of hydrogen-bond donors (Lipinski definition) is 1. The van der Waals surface area contributed by atoms with Gasteiger partial charge in [-0.25, -0.2) is 0 Å². The van der Waals surface area contributed by atoms with Crippen LogP contribution in [-0.4, -0.2) is 30.1 Å². The molecular weight excluding hydrogens is 186 g/mol. The van der Waals surface area contributed by atoms with Crippen molar-refractivity contribution in [1.29, 1.82) is 0 Å². The Balaban J connectivity index is 4.54. The second-order valence-electron chi connectivity index (χ2n) is 1.57. The number of thioether (sulfide) groups is 1. The number of rotatable bonds is 2. The van der Waals surface area contributed by atoms with E-state index in [9.17, 15) is 8.42 Å². The predicted molar refractivity (Wildman–Crippen MR) is 47.6 cm³/mol. The lowest BCUT2D eigenvalue weighted by Gasteiger charge is -1.95. The minimum absolute atomic E-state index is 0.190. The van der Waals surface area contributed by atoms with Crippen LogP contribution in [0.3, 0.4) is 0 Å². The fourth-order valence-corrected chi connectivity index (χ4v) is 1.67. The van der Waals surface area contributed by atoms with Gasteiger partial charge in [-0.3, -0.25) is 9.55 Å². The molecule has 0 aliphatic heterocycles. The lowest BCUT2D eigenvalue weighted by atomic mass is 10.7. The van der Waals surface area contributed by atoms with Gasteiger partial charge in [0.2, 0.25) is 4.38 Å². The van der Waals surface area contributed by atoms with Gasteiger partial charge in [-0.2, -0.15) is 8.42 Å². The zero-order chi connectivity index (χ0) is 8.91. The molecule has 11 heavy (non-hydrogen) atoms. The van der Waals surface area contributed by atoms with E-state index in [1.54, 1.807) is 0 Å². The summed E-state index contributed by atoms with van der Waals surface area (Å²) in [6.07, 6.45) is 2.97. The van der Waals surface area contributed by atoms with Crippen molar-refractivity contribution in [1.82, 2.24) is 0 Å². The minimum Gasteiger partial charge on any atom is -0.280 e. The molecule has 0 saturated heterocycles. The summed E-state index contributed by atoms with van der Waals surface area (Å²) in [7, 11) is -4.12. The van der Waals surface area contributed by atoms with E-state index in [1.165, 1.54) is 12.3 Å². The normalized spacial score (nSPS) is 13.1. The summed E-state index contributed by atoms with van der Waals surface area (Å²) >= 11 is 0.881. The third kappa shape index (κ3) is 4.18. The van der Waals surface area contributed by atoms with Crippen LogP contribution < -0.4 is 0 Å². The van der Waals surface area contributed by atoms with Gasteiger partial charge in [0.25, 0.3) is 0 Å². The molecule has 64 valence electrons. The van der Waals surface area contributed by atoms with Gasteiger partial charge in [0.1, 0.15) is 0 Å². The van der Waals surface area contributed by atoms with Crippen LogP contribution in [0.4, 0.5) is 0 Å². The molecule has 0 aliphatic carbocycles. The molecule has 0 aromatic heterocycles. The van der Waals surface area contributed by atoms with Gasteiger partial charge in [-0.1, -0.05) is 17.8 Å². The van der Waals surface area contributed by atoms with Crippen molar-refractivity contribution in [2.75, 3.05) is 12.8 Å². The van der Waals surface area contributed by atoms with Crippen molar-refractivity contribution in [2.45, 2.75) is 0 Å². The molecule has 4 nitrogen and oxygen atoms in total. The molecule has 0 aromatic rings. The molecule has 1 N–H and O–H groups in total. The highest BCUT2D eigenvalue weighted by atomic mass is 32.3. The molecule has 0 atom stereocenters. The molecule has 0 unspecified atom stereocenters. The molecule has 0 bridgehead atoms. The summed E-state index contributed by atoms with van der Waals surface area (Å²) in [4.78, 5) is 3.56. The Morgan fingerprint density at radius 2 is 2.36 bits per heavy atom. The van der Waals surface area contributed by atoms with Crippen molar-refractivity contribution < 1.29 is 13.0 Å². The van der Waals surface area contributed by atoms with Crippen LogP contribution in [0.25, 0.3) is 0 Å². The van der Waals surface area contributed by atoms with Gasteiger partial charge in [-0.15, -0.1) is 6.58 Å². The van der Waals surface area contributed by atoms with E-state index >= 15 is 0 Å². The Bertz CT molecular complexity index is 255. The highest BCUT2D eigenvalue weighted by Crippen LogP contribution is 2.04. The van der Waals surface area contributed by atoms with E-state index in [4.69, 9.17) is 4.55 Å². The van der Waals surface area contributed by atoms with E-state index in [-0.39, 0.29) is 10.9 Å². The fraction of sp³-hybridized carbons (Fsp3) is 0.400. The van der Waals surface area contributed by atoms with Crippen molar-refractivity contribution in [3.8, 4) is 0 Å². The summed E-state index contributed by atoms with van der Waals surface area (Å²) in [6, 6.07) is 0. The van der Waals surface area contributed by atoms with Crippen LogP contribution in [0.15, 0.2) is 17.6 Å². The first-order chi connectivity index (χ1) is 5.02. The maximum Gasteiger partial charge on any atom is 0.318 e. The zero-order valence-corrected chi connectivity index (χ0v) is 7.65. The van der Waals surface area contributed by atoms with Crippen LogP contribution in [-0.2, 0) is 10.1 Å². The van der Waals surface area contributed by atoms with Gasteiger partial charge in [0.15, 0.2) is 0 Å². The fourth-order valence-electron chi connectivity index (χ4n) is 0.391. The maximum atomic E-state index is 10.4. The Hall–Kier alpha value is -0.330. The van der Waals surface area contributed by atoms with Gasteiger partial charge < -0.3 is 0 Å². The highest BCUT2D eigenvalue weighted by Gasteiger charge is 2.12. The molecule has 0 spiro atoms. The van der Waals surface area contributed by atoms with E-state index in [0.717, 1.165) is 11.8 Å². The molecule has 0 aromatic carbocycles. The summed E-state index contributed by atoms with van der Waals surface area (Å²) < 4.78 is 29.1. The average Bonchev–Trinajstić information content (AvgIpc) is 1.87. The molecule has 6 heteroatoms. The molecular formula is C5H9NO3S2. The van der Waals surface area contributed by atoms with E-state index < -0.39 is 10.1 Å². The highest BCUT2D eigenvalue weighted by molar-refractivity contribution is 8.33. The molecule has 0 aliphatic rings. The number of aliphatic imine (C=N–C) groups is 1. The Labute approximate surface area is 70.2 Å². The Kier molecular flexibility index (Phi) is 4.39. The van der Waals surface area contributed by atoms with Crippen LogP contribution in [0.2, 0.25) is 0 Å². The second-order valence-corrected chi connectivity index (χ2v) is 3.96. The molecule has 0 radical (unpaired) electrons.